The number of rotatable bonds is 1. The average Bonchev–Trinajstić information content (AvgIpc) is 1.96. The van der Waals surface area contributed by atoms with Gasteiger partial charge >= 0.3 is 0 Å². The standard InChI is InChI=1S/C6H2BrFINO2/c7-3-1-4(8)5(9)2-6(3)10(11)12/h1-2H. The van der Waals surface area contributed by atoms with E-state index in [4.69, 9.17) is 0 Å². The van der Waals surface area contributed by atoms with E-state index in [-0.39, 0.29) is 13.7 Å². The highest BCUT2D eigenvalue weighted by Crippen LogP contribution is 2.28. The summed E-state index contributed by atoms with van der Waals surface area (Å²) in [5, 5.41) is 10.3. The first-order valence-corrected chi connectivity index (χ1v) is 4.68. The van der Waals surface area contributed by atoms with E-state index in [2.05, 4.69) is 15.9 Å². The quantitative estimate of drug-likeness (QED) is 0.340. The van der Waals surface area contributed by atoms with Crippen LogP contribution in [0.3, 0.4) is 0 Å². The number of nitro benzene ring substituents is 1. The van der Waals surface area contributed by atoms with Crippen molar-refractivity contribution in [1.29, 1.82) is 0 Å². The highest BCUT2D eigenvalue weighted by Gasteiger charge is 2.14. The molecule has 0 unspecified atom stereocenters. The predicted molar refractivity (Wildman–Crippen MR) is 53.5 cm³/mol. The summed E-state index contributed by atoms with van der Waals surface area (Å²) >= 11 is 4.60. The van der Waals surface area contributed by atoms with Crippen molar-refractivity contribution in [2.45, 2.75) is 0 Å². The first-order valence-electron chi connectivity index (χ1n) is 2.81. The molecule has 0 atom stereocenters. The van der Waals surface area contributed by atoms with Crippen molar-refractivity contribution < 1.29 is 9.31 Å². The smallest absolute Gasteiger partial charge is 0.258 e. The van der Waals surface area contributed by atoms with Gasteiger partial charge in [0.25, 0.3) is 5.69 Å². The van der Waals surface area contributed by atoms with Crippen molar-refractivity contribution >= 4 is 44.2 Å². The summed E-state index contributed by atoms with van der Waals surface area (Å²) in [6, 6.07) is 2.26. The van der Waals surface area contributed by atoms with Crippen LogP contribution in [0.4, 0.5) is 10.1 Å². The summed E-state index contributed by atoms with van der Waals surface area (Å²) in [6.07, 6.45) is 0. The first-order chi connectivity index (χ1) is 5.52. The van der Waals surface area contributed by atoms with Crippen molar-refractivity contribution in [3.8, 4) is 0 Å². The summed E-state index contributed by atoms with van der Waals surface area (Å²) in [5.74, 6) is -0.465. The SMILES string of the molecule is O=[N+]([O-])c1cc(I)c(F)cc1Br. The Morgan fingerprint density at radius 3 is 2.67 bits per heavy atom. The normalized spacial score (nSPS) is 9.92. The second-order valence-corrected chi connectivity index (χ2v) is 3.99. The summed E-state index contributed by atoms with van der Waals surface area (Å²) in [5.41, 5.74) is -0.124. The molecular weight excluding hydrogens is 344 g/mol. The molecule has 1 aromatic rings. The van der Waals surface area contributed by atoms with E-state index in [1.807, 2.05) is 0 Å². The predicted octanol–water partition coefficient (Wildman–Crippen LogP) is 3.10. The third kappa shape index (κ3) is 1.92. The van der Waals surface area contributed by atoms with Crippen LogP contribution in [-0.2, 0) is 0 Å². The second kappa shape index (κ2) is 3.65. The Balaban J connectivity index is 3.33. The minimum absolute atomic E-state index is 0.124. The first kappa shape index (κ1) is 9.85. The Morgan fingerprint density at radius 1 is 1.58 bits per heavy atom. The molecule has 3 nitrogen and oxygen atoms in total. The maximum absolute atomic E-state index is 12.8. The lowest BCUT2D eigenvalue weighted by atomic mass is 10.3. The lowest BCUT2D eigenvalue weighted by Gasteiger charge is -1.97. The number of nitrogens with zero attached hydrogens (tertiary/aromatic N) is 1. The van der Waals surface area contributed by atoms with E-state index >= 15 is 0 Å². The summed E-state index contributed by atoms with van der Waals surface area (Å²) in [4.78, 5) is 9.77. The number of halogens is 3. The van der Waals surface area contributed by atoms with Crippen LogP contribution in [0.2, 0.25) is 0 Å². The number of nitro groups is 1. The fourth-order valence-electron chi connectivity index (χ4n) is 0.652. The van der Waals surface area contributed by atoms with E-state index in [1.165, 1.54) is 6.07 Å². The molecule has 0 aliphatic rings. The molecule has 1 rings (SSSR count). The van der Waals surface area contributed by atoms with Gasteiger partial charge in [-0.05, 0) is 44.6 Å². The van der Waals surface area contributed by atoms with Crippen molar-refractivity contribution in [2.75, 3.05) is 0 Å². The monoisotopic (exact) mass is 345 g/mol. The van der Waals surface area contributed by atoms with Crippen LogP contribution in [0.5, 0.6) is 0 Å². The Labute approximate surface area is 89.4 Å². The van der Waals surface area contributed by atoms with Gasteiger partial charge in [0, 0.05) is 6.07 Å². The molecule has 0 amide bonds. The maximum Gasteiger partial charge on any atom is 0.284 e. The van der Waals surface area contributed by atoms with Gasteiger partial charge in [-0.2, -0.15) is 0 Å². The van der Waals surface area contributed by atoms with Crippen LogP contribution >= 0.6 is 38.5 Å². The molecule has 0 saturated carbocycles. The molecule has 1 aromatic carbocycles. The number of benzene rings is 1. The molecular formula is C6H2BrFINO2. The molecule has 12 heavy (non-hydrogen) atoms. The Bertz CT molecular complexity index is 345. The Morgan fingerprint density at radius 2 is 2.17 bits per heavy atom. The minimum atomic E-state index is -0.564. The third-order valence-electron chi connectivity index (χ3n) is 1.19. The summed E-state index contributed by atoms with van der Waals surface area (Å²) in [7, 11) is 0. The fraction of sp³-hybridized carbons (Fsp3) is 0. The van der Waals surface area contributed by atoms with E-state index in [9.17, 15) is 14.5 Å². The third-order valence-corrected chi connectivity index (χ3v) is 2.65. The lowest BCUT2D eigenvalue weighted by Crippen LogP contribution is -1.92. The summed E-state index contributed by atoms with van der Waals surface area (Å²) in [6.45, 7) is 0. The topological polar surface area (TPSA) is 43.1 Å². The molecule has 6 heteroatoms. The van der Waals surface area contributed by atoms with E-state index in [0.717, 1.165) is 6.07 Å². The zero-order valence-corrected chi connectivity index (χ0v) is 9.30. The molecule has 0 heterocycles. The number of hydrogen-bond acceptors (Lipinski definition) is 2. The highest BCUT2D eigenvalue weighted by molar-refractivity contribution is 14.1. The van der Waals surface area contributed by atoms with Gasteiger partial charge in [-0.25, -0.2) is 4.39 Å². The van der Waals surface area contributed by atoms with Crippen LogP contribution in [0.15, 0.2) is 16.6 Å². The average molecular weight is 346 g/mol. The van der Waals surface area contributed by atoms with Gasteiger partial charge in [0.2, 0.25) is 0 Å². The maximum atomic E-state index is 12.8. The molecule has 0 fully saturated rings. The van der Waals surface area contributed by atoms with Gasteiger partial charge in [0.05, 0.1) is 13.0 Å². The molecule has 0 aliphatic heterocycles. The van der Waals surface area contributed by atoms with E-state index in [1.54, 1.807) is 22.6 Å². The van der Waals surface area contributed by atoms with Gasteiger partial charge in [-0.15, -0.1) is 0 Å². The van der Waals surface area contributed by atoms with Gasteiger partial charge in [-0.1, -0.05) is 0 Å². The molecule has 0 saturated heterocycles. The van der Waals surface area contributed by atoms with Crippen LogP contribution in [-0.4, -0.2) is 4.92 Å². The molecule has 0 spiro atoms. The van der Waals surface area contributed by atoms with Gasteiger partial charge in [0.1, 0.15) is 5.82 Å². The molecule has 0 radical (unpaired) electrons. The van der Waals surface area contributed by atoms with Gasteiger partial charge in [-0.3, -0.25) is 10.1 Å². The fourth-order valence-corrected chi connectivity index (χ4v) is 1.56. The lowest BCUT2D eigenvalue weighted by molar-refractivity contribution is -0.385. The molecule has 0 aromatic heterocycles. The Hall–Kier alpha value is -0.240. The van der Waals surface area contributed by atoms with Crippen LogP contribution in [0.25, 0.3) is 0 Å². The molecule has 0 aliphatic carbocycles. The van der Waals surface area contributed by atoms with Crippen molar-refractivity contribution in [3.05, 3.63) is 36.1 Å². The van der Waals surface area contributed by atoms with E-state index in [0.29, 0.717) is 0 Å². The zero-order valence-electron chi connectivity index (χ0n) is 5.55. The second-order valence-electron chi connectivity index (χ2n) is 1.97. The molecule has 64 valence electrons. The highest BCUT2D eigenvalue weighted by atomic mass is 127. The van der Waals surface area contributed by atoms with Crippen molar-refractivity contribution in [3.63, 3.8) is 0 Å². The Kier molecular flexibility index (Phi) is 2.99. The van der Waals surface area contributed by atoms with Crippen LogP contribution < -0.4 is 0 Å². The van der Waals surface area contributed by atoms with Gasteiger partial charge in [0.15, 0.2) is 0 Å². The van der Waals surface area contributed by atoms with E-state index < -0.39 is 10.7 Å². The van der Waals surface area contributed by atoms with Crippen LogP contribution in [0, 0.1) is 19.5 Å². The number of hydrogen-bond donors (Lipinski definition) is 0. The van der Waals surface area contributed by atoms with Crippen LogP contribution in [0.1, 0.15) is 0 Å². The molecule has 0 bridgehead atoms. The van der Waals surface area contributed by atoms with Gasteiger partial charge < -0.3 is 0 Å². The largest absolute Gasteiger partial charge is 0.284 e. The van der Waals surface area contributed by atoms with Crippen molar-refractivity contribution in [2.24, 2.45) is 0 Å². The molecule has 0 N–H and O–H groups in total. The summed E-state index contributed by atoms with van der Waals surface area (Å²) < 4.78 is 13.2. The van der Waals surface area contributed by atoms with Crippen molar-refractivity contribution in [1.82, 2.24) is 0 Å². The minimum Gasteiger partial charge on any atom is -0.258 e. The zero-order chi connectivity index (χ0) is 9.30.